The zero-order chi connectivity index (χ0) is 9.26. The predicted molar refractivity (Wildman–Crippen MR) is 50.2 cm³/mol. The molecule has 2 aromatic rings. The number of nitrogens with one attached hydrogen (secondary N) is 2. The van der Waals surface area contributed by atoms with Gasteiger partial charge in [0, 0.05) is 0 Å². The maximum atomic E-state index is 11.4. The fraction of sp³-hybridized carbons (Fsp3) is 0. The van der Waals surface area contributed by atoms with E-state index in [-0.39, 0.29) is 11.4 Å². The summed E-state index contributed by atoms with van der Waals surface area (Å²) < 4.78 is 0. The van der Waals surface area contributed by atoms with E-state index >= 15 is 0 Å². The Bertz CT molecular complexity index is 515. The van der Waals surface area contributed by atoms with Gasteiger partial charge in [-0.15, -0.1) is 0 Å². The number of fused-ring (bicyclic) bond motifs is 1. The number of aromatic nitrogens is 2. The lowest BCUT2D eigenvalue weighted by Gasteiger charge is -1.96. The van der Waals surface area contributed by atoms with Crippen LogP contribution in [-0.4, -0.2) is 16.2 Å². The molecule has 0 atom stereocenters. The molecule has 0 bridgehead atoms. The van der Waals surface area contributed by atoms with Gasteiger partial charge in [-0.25, -0.2) is 4.98 Å². The Hall–Kier alpha value is -1.97. The number of rotatable bonds is 1. The Morgan fingerprint density at radius 2 is 2.15 bits per heavy atom. The summed E-state index contributed by atoms with van der Waals surface area (Å²) >= 11 is 0. The first-order chi connectivity index (χ1) is 6.31. The summed E-state index contributed by atoms with van der Waals surface area (Å²) in [4.78, 5) is 17.9. The fourth-order valence-corrected chi connectivity index (χ4v) is 1.17. The van der Waals surface area contributed by atoms with Gasteiger partial charge in [-0.2, -0.15) is 0 Å². The van der Waals surface area contributed by atoms with E-state index in [0.717, 1.165) is 6.21 Å². The van der Waals surface area contributed by atoms with E-state index in [4.69, 9.17) is 5.41 Å². The SMILES string of the molecule is N=Cc1nc2ccccc2c(=O)[nH]1. The molecule has 2 rings (SSSR count). The Morgan fingerprint density at radius 3 is 2.92 bits per heavy atom. The maximum absolute atomic E-state index is 11.4. The van der Waals surface area contributed by atoms with E-state index in [1.807, 2.05) is 6.07 Å². The van der Waals surface area contributed by atoms with Crippen molar-refractivity contribution in [2.24, 2.45) is 0 Å². The van der Waals surface area contributed by atoms with Crippen molar-refractivity contribution in [2.45, 2.75) is 0 Å². The molecule has 0 fully saturated rings. The van der Waals surface area contributed by atoms with Crippen LogP contribution in [-0.2, 0) is 0 Å². The van der Waals surface area contributed by atoms with Gasteiger partial charge in [-0.05, 0) is 12.1 Å². The summed E-state index contributed by atoms with van der Waals surface area (Å²) in [6.45, 7) is 0. The number of para-hydroxylation sites is 1. The summed E-state index contributed by atoms with van der Waals surface area (Å²) in [6.07, 6.45) is 1.02. The van der Waals surface area contributed by atoms with E-state index in [1.165, 1.54) is 0 Å². The molecule has 0 aliphatic carbocycles. The number of nitrogens with zero attached hydrogens (tertiary/aromatic N) is 1. The fourth-order valence-electron chi connectivity index (χ4n) is 1.17. The normalized spacial score (nSPS) is 10.2. The van der Waals surface area contributed by atoms with Gasteiger partial charge >= 0.3 is 0 Å². The van der Waals surface area contributed by atoms with Crippen LogP contribution in [0.1, 0.15) is 5.82 Å². The molecule has 0 amide bonds. The summed E-state index contributed by atoms with van der Waals surface area (Å²) in [5, 5.41) is 7.51. The Morgan fingerprint density at radius 1 is 1.38 bits per heavy atom. The minimum absolute atomic E-state index is 0.205. The molecule has 1 heterocycles. The molecule has 0 unspecified atom stereocenters. The van der Waals surface area contributed by atoms with Gasteiger partial charge in [0.1, 0.15) is 0 Å². The van der Waals surface area contributed by atoms with Gasteiger partial charge in [0.05, 0.1) is 17.1 Å². The molecule has 0 aliphatic rings. The van der Waals surface area contributed by atoms with Crippen molar-refractivity contribution in [3.8, 4) is 0 Å². The highest BCUT2D eigenvalue weighted by Gasteiger charge is 1.99. The predicted octanol–water partition coefficient (Wildman–Crippen LogP) is 0.921. The average molecular weight is 173 g/mol. The molecule has 0 radical (unpaired) electrons. The second-order valence-electron chi connectivity index (χ2n) is 2.61. The molecular weight excluding hydrogens is 166 g/mol. The number of hydrogen-bond donors (Lipinski definition) is 2. The molecule has 0 spiro atoms. The van der Waals surface area contributed by atoms with Crippen LogP contribution in [0.2, 0.25) is 0 Å². The summed E-state index contributed by atoms with van der Waals surface area (Å²) in [5.41, 5.74) is 0.411. The van der Waals surface area contributed by atoms with E-state index in [9.17, 15) is 4.79 Å². The quantitative estimate of drug-likeness (QED) is 0.629. The van der Waals surface area contributed by atoms with Crippen LogP contribution in [0.15, 0.2) is 29.1 Å². The minimum atomic E-state index is -0.205. The Balaban J connectivity index is 2.92. The second-order valence-corrected chi connectivity index (χ2v) is 2.61. The third kappa shape index (κ3) is 1.22. The van der Waals surface area contributed by atoms with Gasteiger partial charge < -0.3 is 10.4 Å². The van der Waals surface area contributed by atoms with Gasteiger partial charge in [0.2, 0.25) is 0 Å². The van der Waals surface area contributed by atoms with Gasteiger partial charge in [0.25, 0.3) is 5.56 Å². The first kappa shape index (κ1) is 7.67. The number of H-pyrrole nitrogens is 1. The van der Waals surface area contributed by atoms with Crippen LogP contribution in [0.3, 0.4) is 0 Å². The summed E-state index contributed by atoms with van der Waals surface area (Å²) in [7, 11) is 0. The lowest BCUT2D eigenvalue weighted by Crippen LogP contribution is -2.10. The maximum Gasteiger partial charge on any atom is 0.259 e. The monoisotopic (exact) mass is 173 g/mol. The van der Waals surface area contributed by atoms with Crippen molar-refractivity contribution in [1.29, 1.82) is 5.41 Å². The van der Waals surface area contributed by atoms with Crippen LogP contribution in [0, 0.1) is 5.41 Å². The van der Waals surface area contributed by atoms with Crippen molar-refractivity contribution < 1.29 is 0 Å². The second kappa shape index (κ2) is 2.82. The molecule has 1 aromatic carbocycles. The minimum Gasteiger partial charge on any atom is -0.305 e. The van der Waals surface area contributed by atoms with E-state index in [1.54, 1.807) is 18.2 Å². The Kier molecular flexibility index (Phi) is 1.66. The van der Waals surface area contributed by atoms with Crippen LogP contribution < -0.4 is 5.56 Å². The lowest BCUT2D eigenvalue weighted by atomic mass is 10.2. The number of hydrogen-bond acceptors (Lipinski definition) is 3. The highest BCUT2D eigenvalue weighted by Crippen LogP contribution is 2.04. The van der Waals surface area contributed by atoms with Gasteiger partial charge in [0.15, 0.2) is 5.82 Å². The molecule has 4 heteroatoms. The summed E-state index contributed by atoms with van der Waals surface area (Å²) in [5.74, 6) is 0.281. The van der Waals surface area contributed by atoms with Crippen molar-refractivity contribution in [2.75, 3.05) is 0 Å². The highest BCUT2D eigenvalue weighted by molar-refractivity contribution is 5.81. The third-order valence-electron chi connectivity index (χ3n) is 1.77. The van der Waals surface area contributed by atoms with Crippen LogP contribution in [0.4, 0.5) is 0 Å². The molecule has 13 heavy (non-hydrogen) atoms. The Labute approximate surface area is 73.8 Å². The van der Waals surface area contributed by atoms with Crippen LogP contribution in [0.5, 0.6) is 0 Å². The smallest absolute Gasteiger partial charge is 0.259 e. The molecule has 0 saturated carbocycles. The molecular formula is C9H7N3O. The van der Waals surface area contributed by atoms with E-state index < -0.39 is 0 Å². The summed E-state index contributed by atoms with van der Waals surface area (Å²) in [6, 6.07) is 7.04. The standard InChI is InChI=1S/C9H7N3O/c10-5-8-11-7-4-2-1-3-6(7)9(13)12-8/h1-5,10H,(H,11,12,13). The molecule has 64 valence electrons. The zero-order valence-corrected chi connectivity index (χ0v) is 6.74. The van der Waals surface area contributed by atoms with Crippen molar-refractivity contribution in [1.82, 2.24) is 9.97 Å². The van der Waals surface area contributed by atoms with Gasteiger partial charge in [-0.3, -0.25) is 4.79 Å². The van der Waals surface area contributed by atoms with E-state index in [2.05, 4.69) is 9.97 Å². The highest BCUT2D eigenvalue weighted by atomic mass is 16.1. The molecule has 0 saturated heterocycles. The number of aromatic amines is 1. The van der Waals surface area contributed by atoms with Crippen LogP contribution in [0.25, 0.3) is 10.9 Å². The van der Waals surface area contributed by atoms with E-state index in [0.29, 0.717) is 10.9 Å². The first-order valence-corrected chi connectivity index (χ1v) is 3.81. The van der Waals surface area contributed by atoms with Crippen molar-refractivity contribution in [3.63, 3.8) is 0 Å². The van der Waals surface area contributed by atoms with Crippen molar-refractivity contribution in [3.05, 3.63) is 40.4 Å². The topological polar surface area (TPSA) is 69.6 Å². The molecule has 2 N–H and O–H groups in total. The largest absolute Gasteiger partial charge is 0.305 e. The average Bonchev–Trinajstić information content (AvgIpc) is 2.18. The molecule has 4 nitrogen and oxygen atoms in total. The third-order valence-corrected chi connectivity index (χ3v) is 1.77. The molecule has 0 aliphatic heterocycles. The molecule has 1 aromatic heterocycles. The first-order valence-electron chi connectivity index (χ1n) is 3.81. The lowest BCUT2D eigenvalue weighted by molar-refractivity contribution is 1.14. The van der Waals surface area contributed by atoms with Crippen molar-refractivity contribution >= 4 is 17.1 Å². The zero-order valence-electron chi connectivity index (χ0n) is 6.74. The number of benzene rings is 1. The van der Waals surface area contributed by atoms with Crippen LogP contribution >= 0.6 is 0 Å². The van der Waals surface area contributed by atoms with Gasteiger partial charge in [-0.1, -0.05) is 12.1 Å².